The van der Waals surface area contributed by atoms with Crippen molar-refractivity contribution in [1.82, 2.24) is 9.29 Å². The molecule has 0 unspecified atom stereocenters. The lowest BCUT2D eigenvalue weighted by Crippen LogP contribution is -2.25. The molecule has 110 valence electrons. The molecule has 1 aromatic carbocycles. The van der Waals surface area contributed by atoms with E-state index < -0.39 is 10.0 Å². The summed E-state index contributed by atoms with van der Waals surface area (Å²) in [7, 11) is -3.50. The van der Waals surface area contributed by atoms with Crippen LogP contribution in [-0.2, 0) is 23.1 Å². The fourth-order valence-corrected chi connectivity index (χ4v) is 3.78. The van der Waals surface area contributed by atoms with Crippen LogP contribution in [0.4, 0.5) is 5.82 Å². The highest BCUT2D eigenvalue weighted by Crippen LogP contribution is 2.28. The molecule has 0 fully saturated rings. The predicted octanol–water partition coefficient (Wildman–Crippen LogP) is 2.22. The third kappa shape index (κ3) is 2.64. The van der Waals surface area contributed by atoms with E-state index >= 15 is 0 Å². The fourth-order valence-electron chi connectivity index (χ4n) is 2.44. The van der Waals surface area contributed by atoms with E-state index in [1.165, 1.54) is 10.5 Å². The second kappa shape index (κ2) is 5.46. The zero-order valence-corrected chi connectivity index (χ0v) is 12.6. The van der Waals surface area contributed by atoms with E-state index in [1.807, 2.05) is 31.2 Å². The summed E-state index contributed by atoms with van der Waals surface area (Å²) in [6.07, 6.45) is 1.41. The fraction of sp³-hybridized carbons (Fsp3) is 0.267. The number of fused-ring (bicyclic) bond motifs is 1. The Morgan fingerprint density at radius 2 is 1.81 bits per heavy atom. The number of aromatic nitrogens is 1. The number of sulfonamides is 1. The minimum absolute atomic E-state index is 0.233. The molecule has 0 atom stereocenters. The van der Waals surface area contributed by atoms with Gasteiger partial charge in [-0.3, -0.25) is 0 Å². The molecule has 1 aromatic heterocycles. The third-order valence-corrected chi connectivity index (χ3v) is 5.32. The lowest BCUT2D eigenvalue weighted by atomic mass is 10.1. The van der Waals surface area contributed by atoms with E-state index in [0.717, 1.165) is 17.7 Å². The first-order valence-electron chi connectivity index (χ1n) is 6.88. The molecule has 21 heavy (non-hydrogen) atoms. The van der Waals surface area contributed by atoms with Gasteiger partial charge in [-0.2, -0.15) is 4.31 Å². The molecule has 0 saturated carbocycles. The van der Waals surface area contributed by atoms with Crippen molar-refractivity contribution in [2.75, 3.05) is 11.9 Å². The number of benzene rings is 1. The Hall–Kier alpha value is -1.92. The molecule has 0 radical (unpaired) electrons. The molecule has 3 rings (SSSR count). The van der Waals surface area contributed by atoms with Gasteiger partial charge < -0.3 is 5.32 Å². The van der Waals surface area contributed by atoms with Crippen molar-refractivity contribution in [3.8, 4) is 0 Å². The highest BCUT2D eigenvalue weighted by Gasteiger charge is 2.30. The Kier molecular flexibility index (Phi) is 3.65. The van der Waals surface area contributed by atoms with E-state index in [9.17, 15) is 8.42 Å². The lowest BCUT2D eigenvalue weighted by Gasteiger charge is -2.15. The summed E-state index contributed by atoms with van der Waals surface area (Å²) in [5.74, 6) is 0.682. The van der Waals surface area contributed by atoms with Crippen LogP contribution in [-0.4, -0.2) is 24.3 Å². The Bertz CT molecular complexity index is 717. The summed E-state index contributed by atoms with van der Waals surface area (Å²) in [4.78, 5) is 4.37. The Morgan fingerprint density at radius 1 is 1.14 bits per heavy atom. The quantitative estimate of drug-likeness (QED) is 0.940. The summed E-state index contributed by atoms with van der Waals surface area (Å²) in [5.41, 5.74) is 2.14. The van der Waals surface area contributed by atoms with Crippen LogP contribution in [0.5, 0.6) is 0 Å². The Labute approximate surface area is 124 Å². The topological polar surface area (TPSA) is 62.3 Å². The Morgan fingerprint density at radius 3 is 2.33 bits per heavy atom. The number of nitrogens with zero attached hydrogens (tertiary/aromatic N) is 2. The number of hydrogen-bond donors (Lipinski definition) is 1. The molecule has 0 amide bonds. The molecular weight excluding hydrogens is 286 g/mol. The molecular formula is C15H17N3O2S. The maximum absolute atomic E-state index is 12.6. The largest absolute Gasteiger partial charge is 0.370 e. The maximum atomic E-state index is 12.6. The van der Waals surface area contributed by atoms with Crippen molar-refractivity contribution in [3.05, 3.63) is 53.7 Å². The predicted molar refractivity (Wildman–Crippen MR) is 81.3 cm³/mol. The normalized spacial score (nSPS) is 14.9. The van der Waals surface area contributed by atoms with Crippen LogP contribution in [0.25, 0.3) is 0 Å². The van der Waals surface area contributed by atoms with Gasteiger partial charge in [0, 0.05) is 25.8 Å². The van der Waals surface area contributed by atoms with Gasteiger partial charge in [-0.1, -0.05) is 24.3 Å². The summed E-state index contributed by atoms with van der Waals surface area (Å²) < 4.78 is 26.8. The van der Waals surface area contributed by atoms with Gasteiger partial charge in [0.2, 0.25) is 10.0 Å². The zero-order valence-electron chi connectivity index (χ0n) is 11.8. The number of hydrogen-bond acceptors (Lipinski definition) is 4. The highest BCUT2D eigenvalue weighted by molar-refractivity contribution is 7.89. The molecule has 0 aliphatic carbocycles. The molecule has 1 aliphatic heterocycles. The van der Waals surface area contributed by atoms with Crippen LogP contribution in [0.3, 0.4) is 0 Å². The second-order valence-corrected chi connectivity index (χ2v) is 6.89. The van der Waals surface area contributed by atoms with Crippen LogP contribution in [0.1, 0.15) is 18.1 Å². The molecule has 1 aliphatic rings. The molecule has 2 heterocycles. The van der Waals surface area contributed by atoms with Gasteiger partial charge in [-0.05, 0) is 30.2 Å². The summed E-state index contributed by atoms with van der Waals surface area (Å²) in [6.45, 7) is 3.56. The molecule has 5 nitrogen and oxygen atoms in total. The molecule has 0 bridgehead atoms. The van der Waals surface area contributed by atoms with E-state index in [4.69, 9.17) is 0 Å². The van der Waals surface area contributed by atoms with Crippen LogP contribution >= 0.6 is 0 Å². The van der Waals surface area contributed by atoms with Gasteiger partial charge in [-0.15, -0.1) is 0 Å². The van der Waals surface area contributed by atoms with Crippen LogP contribution < -0.4 is 5.32 Å². The van der Waals surface area contributed by atoms with Gasteiger partial charge in [0.25, 0.3) is 0 Å². The average molecular weight is 303 g/mol. The van der Waals surface area contributed by atoms with E-state index in [-0.39, 0.29) is 4.90 Å². The van der Waals surface area contributed by atoms with Crippen molar-refractivity contribution >= 4 is 15.8 Å². The summed E-state index contributed by atoms with van der Waals surface area (Å²) in [6, 6.07) is 11.1. The van der Waals surface area contributed by atoms with Crippen molar-refractivity contribution in [1.29, 1.82) is 0 Å². The minimum Gasteiger partial charge on any atom is -0.370 e. The van der Waals surface area contributed by atoms with Crippen LogP contribution in [0, 0.1) is 0 Å². The maximum Gasteiger partial charge on any atom is 0.245 e. The average Bonchev–Trinajstić information content (AvgIpc) is 2.93. The SMILES string of the molecule is CCNc1ccc(S(=O)(=O)N2Cc3ccccc3C2)cn1. The number of anilines is 1. The van der Waals surface area contributed by atoms with Gasteiger partial charge in [0.1, 0.15) is 10.7 Å². The van der Waals surface area contributed by atoms with Crippen molar-refractivity contribution in [2.45, 2.75) is 24.9 Å². The minimum atomic E-state index is -3.50. The molecule has 0 spiro atoms. The first kappa shape index (κ1) is 14.0. The first-order valence-corrected chi connectivity index (χ1v) is 8.32. The zero-order chi connectivity index (χ0) is 14.9. The lowest BCUT2D eigenvalue weighted by molar-refractivity contribution is 0.431. The monoisotopic (exact) mass is 303 g/mol. The van der Waals surface area contributed by atoms with Crippen LogP contribution in [0.15, 0.2) is 47.5 Å². The highest BCUT2D eigenvalue weighted by atomic mass is 32.2. The van der Waals surface area contributed by atoms with E-state index in [2.05, 4.69) is 10.3 Å². The Balaban J connectivity index is 1.85. The van der Waals surface area contributed by atoms with E-state index in [1.54, 1.807) is 12.1 Å². The van der Waals surface area contributed by atoms with Gasteiger partial charge in [0.05, 0.1) is 0 Å². The van der Waals surface area contributed by atoms with Gasteiger partial charge in [0.15, 0.2) is 0 Å². The van der Waals surface area contributed by atoms with Crippen molar-refractivity contribution < 1.29 is 8.42 Å². The van der Waals surface area contributed by atoms with Crippen molar-refractivity contribution in [2.24, 2.45) is 0 Å². The van der Waals surface area contributed by atoms with Crippen LogP contribution in [0.2, 0.25) is 0 Å². The summed E-state index contributed by atoms with van der Waals surface area (Å²) in [5, 5.41) is 3.05. The van der Waals surface area contributed by atoms with Crippen molar-refractivity contribution in [3.63, 3.8) is 0 Å². The molecule has 1 N–H and O–H groups in total. The number of nitrogens with one attached hydrogen (secondary N) is 1. The smallest absolute Gasteiger partial charge is 0.245 e. The number of rotatable bonds is 4. The number of pyridine rings is 1. The standard InChI is InChI=1S/C15H17N3O2S/c1-2-16-15-8-7-14(9-17-15)21(19,20)18-10-12-5-3-4-6-13(12)11-18/h3-9H,2,10-11H2,1H3,(H,16,17). The second-order valence-electron chi connectivity index (χ2n) is 4.95. The molecule has 0 saturated heterocycles. The van der Waals surface area contributed by atoms with E-state index in [0.29, 0.717) is 18.9 Å². The molecule has 6 heteroatoms. The molecule has 2 aromatic rings. The summed E-state index contributed by atoms with van der Waals surface area (Å²) >= 11 is 0. The van der Waals surface area contributed by atoms with Gasteiger partial charge >= 0.3 is 0 Å². The third-order valence-electron chi connectivity index (χ3n) is 3.54. The first-order chi connectivity index (χ1) is 10.1. The van der Waals surface area contributed by atoms with Gasteiger partial charge in [-0.25, -0.2) is 13.4 Å².